The molecule has 1 aliphatic carbocycles. The van der Waals surface area contributed by atoms with Crippen molar-refractivity contribution in [3.63, 3.8) is 0 Å². The van der Waals surface area contributed by atoms with Crippen LogP contribution in [0.5, 0.6) is 5.75 Å². The molecule has 0 fully saturated rings. The Morgan fingerprint density at radius 3 is 2.65 bits per heavy atom. The maximum Gasteiger partial charge on any atom is 0.119 e. The number of hydrogen-bond acceptors (Lipinski definition) is 1. The van der Waals surface area contributed by atoms with Gasteiger partial charge in [0.25, 0.3) is 0 Å². The molecule has 0 radical (unpaired) electrons. The highest BCUT2D eigenvalue weighted by Gasteiger charge is 2.17. The molecule has 2 atom stereocenters. The molecule has 0 aliphatic heterocycles. The van der Waals surface area contributed by atoms with Gasteiger partial charge in [-0.05, 0) is 56.1 Å². The second-order valence-electron chi connectivity index (χ2n) is 7.12. The molecule has 0 heterocycles. The molecule has 1 nitrogen and oxygen atoms in total. The third kappa shape index (κ3) is 6.81. The zero-order chi connectivity index (χ0) is 16.3. The highest BCUT2D eigenvalue weighted by atomic mass is 16.5. The summed E-state index contributed by atoms with van der Waals surface area (Å²) < 4.78 is 5.80. The normalized spacial score (nSPS) is 19.2. The zero-order valence-corrected chi connectivity index (χ0v) is 15.1. The van der Waals surface area contributed by atoms with Crippen LogP contribution >= 0.6 is 0 Å². The maximum atomic E-state index is 5.80. The van der Waals surface area contributed by atoms with Crippen LogP contribution in [0.25, 0.3) is 0 Å². The lowest BCUT2D eigenvalue weighted by molar-refractivity contribution is 0.297. The Bertz CT molecular complexity index is 448. The highest BCUT2D eigenvalue weighted by Crippen LogP contribution is 2.32. The monoisotopic (exact) mass is 314 g/mol. The molecule has 1 aromatic rings. The van der Waals surface area contributed by atoms with Gasteiger partial charge in [-0.15, -0.1) is 0 Å². The predicted octanol–water partition coefficient (Wildman–Crippen LogP) is 6.79. The molecule has 23 heavy (non-hydrogen) atoms. The molecule has 2 unspecified atom stereocenters. The maximum absolute atomic E-state index is 5.80. The summed E-state index contributed by atoms with van der Waals surface area (Å²) in [6.45, 7) is 5.52. The van der Waals surface area contributed by atoms with Gasteiger partial charge in [-0.1, -0.05) is 69.4 Å². The summed E-state index contributed by atoms with van der Waals surface area (Å²) in [5.41, 5.74) is 1.71. The van der Waals surface area contributed by atoms with Gasteiger partial charge in [0.2, 0.25) is 0 Å². The molecule has 0 N–H and O–H groups in total. The Kier molecular flexibility index (Phi) is 8.28. The molecule has 2 rings (SSSR count). The fourth-order valence-corrected chi connectivity index (χ4v) is 3.58. The van der Waals surface area contributed by atoms with Gasteiger partial charge in [-0.2, -0.15) is 0 Å². The summed E-state index contributed by atoms with van der Waals surface area (Å²) in [7, 11) is 0. The number of rotatable bonds is 10. The first kappa shape index (κ1) is 18.1. The van der Waals surface area contributed by atoms with Gasteiger partial charge in [0.15, 0.2) is 0 Å². The van der Waals surface area contributed by atoms with E-state index in [0.717, 1.165) is 30.6 Å². The molecule has 0 spiro atoms. The van der Waals surface area contributed by atoms with Crippen LogP contribution in [0.2, 0.25) is 0 Å². The first-order valence-electron chi connectivity index (χ1n) is 9.66. The standard InChI is InChI=1S/C22H34O/c1-3-4-6-11-20-14-16-21(17-15-20)19(2)10-9-18-23-22-12-7-5-8-13-22/h5,7-8,12-13,16,19-20H,3-4,6,9-11,14-15,17-18H2,1-2H3. The number of para-hydroxylation sites is 1. The van der Waals surface area contributed by atoms with Gasteiger partial charge in [0.05, 0.1) is 6.61 Å². The molecule has 0 amide bonds. The van der Waals surface area contributed by atoms with Crippen LogP contribution in [0.3, 0.4) is 0 Å². The average Bonchev–Trinajstić information content (AvgIpc) is 2.60. The second-order valence-corrected chi connectivity index (χ2v) is 7.12. The Morgan fingerprint density at radius 2 is 1.96 bits per heavy atom. The molecule has 1 heteroatoms. The Morgan fingerprint density at radius 1 is 1.13 bits per heavy atom. The van der Waals surface area contributed by atoms with Crippen molar-refractivity contribution in [2.45, 2.75) is 71.6 Å². The molecule has 0 bridgehead atoms. The van der Waals surface area contributed by atoms with E-state index < -0.39 is 0 Å². The van der Waals surface area contributed by atoms with E-state index in [1.165, 1.54) is 51.4 Å². The minimum atomic E-state index is 0.728. The summed E-state index contributed by atoms with van der Waals surface area (Å²) in [4.78, 5) is 0. The number of ether oxygens (including phenoxy) is 1. The Labute approximate surface area is 143 Å². The van der Waals surface area contributed by atoms with Crippen LogP contribution in [-0.4, -0.2) is 6.61 Å². The van der Waals surface area contributed by atoms with E-state index in [0.29, 0.717) is 0 Å². The number of unbranched alkanes of at least 4 members (excludes halogenated alkanes) is 2. The van der Waals surface area contributed by atoms with Crippen molar-refractivity contribution in [2.24, 2.45) is 11.8 Å². The zero-order valence-electron chi connectivity index (χ0n) is 15.1. The molecular weight excluding hydrogens is 280 g/mol. The van der Waals surface area contributed by atoms with Crippen LogP contribution in [0, 0.1) is 11.8 Å². The van der Waals surface area contributed by atoms with Crippen molar-refractivity contribution in [1.82, 2.24) is 0 Å². The first-order chi connectivity index (χ1) is 11.3. The van der Waals surface area contributed by atoms with E-state index in [1.807, 2.05) is 30.3 Å². The topological polar surface area (TPSA) is 9.23 Å². The SMILES string of the molecule is CCCCCC1CC=C(C(C)CCCOc2ccccc2)CC1. The number of allylic oxidation sites excluding steroid dienone is 2. The van der Waals surface area contributed by atoms with E-state index in [4.69, 9.17) is 4.74 Å². The lowest BCUT2D eigenvalue weighted by atomic mass is 9.81. The second kappa shape index (κ2) is 10.5. The predicted molar refractivity (Wildman–Crippen MR) is 99.9 cm³/mol. The quantitative estimate of drug-likeness (QED) is 0.341. The van der Waals surface area contributed by atoms with Crippen LogP contribution in [0.15, 0.2) is 42.0 Å². The lowest BCUT2D eigenvalue weighted by Gasteiger charge is -2.25. The third-order valence-corrected chi connectivity index (χ3v) is 5.20. The van der Waals surface area contributed by atoms with Crippen molar-refractivity contribution in [1.29, 1.82) is 0 Å². The van der Waals surface area contributed by atoms with Crippen molar-refractivity contribution in [3.8, 4) is 5.75 Å². The molecule has 0 aromatic heterocycles. The fraction of sp³-hybridized carbons (Fsp3) is 0.636. The number of benzene rings is 1. The van der Waals surface area contributed by atoms with E-state index in [-0.39, 0.29) is 0 Å². The van der Waals surface area contributed by atoms with Crippen molar-refractivity contribution >= 4 is 0 Å². The van der Waals surface area contributed by atoms with Gasteiger partial charge in [0, 0.05) is 0 Å². The third-order valence-electron chi connectivity index (χ3n) is 5.20. The summed E-state index contributed by atoms with van der Waals surface area (Å²) in [6, 6.07) is 10.2. The van der Waals surface area contributed by atoms with Crippen molar-refractivity contribution in [3.05, 3.63) is 42.0 Å². The summed E-state index contributed by atoms with van der Waals surface area (Å²) >= 11 is 0. The Balaban J connectivity index is 1.61. The van der Waals surface area contributed by atoms with Crippen LogP contribution in [-0.2, 0) is 0 Å². The first-order valence-corrected chi connectivity index (χ1v) is 9.66. The van der Waals surface area contributed by atoms with Crippen LogP contribution in [0.4, 0.5) is 0 Å². The van der Waals surface area contributed by atoms with E-state index in [1.54, 1.807) is 5.57 Å². The lowest BCUT2D eigenvalue weighted by Crippen LogP contribution is -2.11. The van der Waals surface area contributed by atoms with E-state index in [9.17, 15) is 0 Å². The summed E-state index contributed by atoms with van der Waals surface area (Å²) in [6.07, 6.45) is 14.6. The van der Waals surface area contributed by atoms with E-state index in [2.05, 4.69) is 19.9 Å². The summed E-state index contributed by atoms with van der Waals surface area (Å²) in [5.74, 6) is 2.68. The molecule has 1 aromatic carbocycles. The van der Waals surface area contributed by atoms with Gasteiger partial charge in [0.1, 0.15) is 5.75 Å². The number of hydrogen-bond donors (Lipinski definition) is 0. The molecule has 128 valence electrons. The average molecular weight is 315 g/mol. The fourth-order valence-electron chi connectivity index (χ4n) is 3.58. The minimum Gasteiger partial charge on any atom is -0.494 e. The highest BCUT2D eigenvalue weighted by molar-refractivity contribution is 5.20. The van der Waals surface area contributed by atoms with Gasteiger partial charge in [-0.3, -0.25) is 0 Å². The van der Waals surface area contributed by atoms with Gasteiger partial charge >= 0.3 is 0 Å². The van der Waals surface area contributed by atoms with Crippen molar-refractivity contribution in [2.75, 3.05) is 6.61 Å². The van der Waals surface area contributed by atoms with Crippen LogP contribution < -0.4 is 4.74 Å². The minimum absolute atomic E-state index is 0.728. The largest absolute Gasteiger partial charge is 0.494 e. The van der Waals surface area contributed by atoms with Gasteiger partial charge < -0.3 is 4.74 Å². The Hall–Kier alpha value is -1.24. The van der Waals surface area contributed by atoms with Crippen LogP contribution in [0.1, 0.15) is 71.6 Å². The van der Waals surface area contributed by atoms with Gasteiger partial charge in [-0.25, -0.2) is 0 Å². The molecule has 0 saturated carbocycles. The molecular formula is C22H34O. The molecule has 0 saturated heterocycles. The van der Waals surface area contributed by atoms with Crippen molar-refractivity contribution < 1.29 is 4.74 Å². The van der Waals surface area contributed by atoms with E-state index >= 15 is 0 Å². The smallest absolute Gasteiger partial charge is 0.119 e. The molecule has 1 aliphatic rings. The summed E-state index contributed by atoms with van der Waals surface area (Å²) in [5, 5.41) is 0.